The normalized spacial score (nSPS) is 14.0. The average molecular weight is 318 g/mol. The predicted molar refractivity (Wildman–Crippen MR) is 81.4 cm³/mol. The van der Waals surface area contributed by atoms with Crippen LogP contribution in [0.3, 0.4) is 0 Å². The lowest BCUT2D eigenvalue weighted by Gasteiger charge is -2.18. The fourth-order valence-corrected chi connectivity index (χ4v) is 2.79. The van der Waals surface area contributed by atoms with E-state index < -0.39 is 0 Å². The standard InChI is InChI=1S/C15H16BrN3/c1-17-15-12-4-2-3-5-13(12)18-14(19-15)10-6-8-11(16)9-7-10/h6-9H,2-5H2,1H3,(H,17,18,19). The Morgan fingerprint density at radius 1 is 1.05 bits per heavy atom. The molecule has 1 aliphatic rings. The van der Waals surface area contributed by atoms with Gasteiger partial charge >= 0.3 is 0 Å². The third kappa shape index (κ3) is 2.50. The molecule has 1 aromatic carbocycles. The monoisotopic (exact) mass is 317 g/mol. The van der Waals surface area contributed by atoms with Crippen LogP contribution in [0.2, 0.25) is 0 Å². The number of aryl methyl sites for hydroxylation is 1. The summed E-state index contributed by atoms with van der Waals surface area (Å²) in [5.74, 6) is 1.81. The van der Waals surface area contributed by atoms with E-state index in [2.05, 4.69) is 26.2 Å². The third-order valence-electron chi connectivity index (χ3n) is 3.52. The van der Waals surface area contributed by atoms with Crippen LogP contribution in [0.4, 0.5) is 5.82 Å². The summed E-state index contributed by atoms with van der Waals surface area (Å²) in [6.07, 6.45) is 4.62. The third-order valence-corrected chi connectivity index (χ3v) is 4.05. The molecule has 0 spiro atoms. The number of nitrogens with one attached hydrogen (secondary N) is 1. The summed E-state index contributed by atoms with van der Waals surface area (Å²) in [5, 5.41) is 3.22. The van der Waals surface area contributed by atoms with E-state index in [0.29, 0.717) is 0 Å². The summed E-state index contributed by atoms with van der Waals surface area (Å²) in [7, 11) is 1.93. The number of fused-ring (bicyclic) bond motifs is 1. The van der Waals surface area contributed by atoms with Crippen molar-refractivity contribution < 1.29 is 0 Å². The SMILES string of the molecule is CNc1nc(-c2ccc(Br)cc2)nc2c1CCCC2. The van der Waals surface area contributed by atoms with E-state index in [1.807, 2.05) is 31.3 Å². The Morgan fingerprint density at radius 2 is 1.79 bits per heavy atom. The van der Waals surface area contributed by atoms with Gasteiger partial charge in [0.15, 0.2) is 5.82 Å². The zero-order valence-corrected chi connectivity index (χ0v) is 12.5. The van der Waals surface area contributed by atoms with Gasteiger partial charge in [-0.3, -0.25) is 0 Å². The second-order valence-corrected chi connectivity index (χ2v) is 5.70. The molecule has 0 unspecified atom stereocenters. The van der Waals surface area contributed by atoms with Crippen molar-refractivity contribution in [1.82, 2.24) is 9.97 Å². The number of rotatable bonds is 2. The second-order valence-electron chi connectivity index (χ2n) is 4.79. The van der Waals surface area contributed by atoms with Gasteiger partial charge in [-0.25, -0.2) is 9.97 Å². The van der Waals surface area contributed by atoms with Gasteiger partial charge in [0.05, 0.1) is 0 Å². The van der Waals surface area contributed by atoms with Crippen LogP contribution in [0.15, 0.2) is 28.7 Å². The van der Waals surface area contributed by atoms with Gasteiger partial charge in [0, 0.05) is 28.3 Å². The smallest absolute Gasteiger partial charge is 0.161 e. The molecule has 1 N–H and O–H groups in total. The maximum atomic E-state index is 4.76. The number of hydrogen-bond acceptors (Lipinski definition) is 3. The molecule has 3 nitrogen and oxygen atoms in total. The molecule has 98 valence electrons. The van der Waals surface area contributed by atoms with Crippen LogP contribution < -0.4 is 5.32 Å². The zero-order chi connectivity index (χ0) is 13.2. The minimum Gasteiger partial charge on any atom is -0.373 e. The Morgan fingerprint density at radius 3 is 2.53 bits per heavy atom. The van der Waals surface area contributed by atoms with Crippen molar-refractivity contribution in [3.63, 3.8) is 0 Å². The lowest BCUT2D eigenvalue weighted by molar-refractivity contribution is 0.665. The molecule has 1 aliphatic carbocycles. The van der Waals surface area contributed by atoms with E-state index in [1.165, 1.54) is 24.1 Å². The highest BCUT2D eigenvalue weighted by Gasteiger charge is 2.17. The molecule has 0 saturated carbocycles. The number of benzene rings is 1. The molecular weight excluding hydrogens is 302 g/mol. The molecule has 0 bridgehead atoms. The summed E-state index contributed by atoms with van der Waals surface area (Å²) >= 11 is 3.45. The quantitative estimate of drug-likeness (QED) is 0.914. The first-order chi connectivity index (χ1) is 9.28. The van der Waals surface area contributed by atoms with E-state index in [4.69, 9.17) is 4.98 Å². The number of anilines is 1. The summed E-state index contributed by atoms with van der Waals surface area (Å²) in [6.45, 7) is 0. The summed E-state index contributed by atoms with van der Waals surface area (Å²) in [5.41, 5.74) is 3.58. The van der Waals surface area contributed by atoms with Crippen LogP contribution in [0, 0.1) is 0 Å². The first-order valence-electron chi connectivity index (χ1n) is 6.61. The first-order valence-corrected chi connectivity index (χ1v) is 7.40. The predicted octanol–water partition coefficient (Wildman–Crippen LogP) is 3.83. The lowest BCUT2D eigenvalue weighted by Crippen LogP contribution is -2.11. The van der Waals surface area contributed by atoms with Crippen molar-refractivity contribution in [2.75, 3.05) is 12.4 Å². The Hall–Kier alpha value is -1.42. The van der Waals surface area contributed by atoms with E-state index in [9.17, 15) is 0 Å². The minimum atomic E-state index is 0.817. The highest BCUT2D eigenvalue weighted by molar-refractivity contribution is 9.10. The Kier molecular flexibility index (Phi) is 3.51. The average Bonchev–Trinajstić information content (AvgIpc) is 2.47. The van der Waals surface area contributed by atoms with Crippen LogP contribution in [-0.2, 0) is 12.8 Å². The van der Waals surface area contributed by atoms with E-state index >= 15 is 0 Å². The Bertz CT molecular complexity index is 576. The zero-order valence-electron chi connectivity index (χ0n) is 10.9. The van der Waals surface area contributed by atoms with Crippen LogP contribution in [0.1, 0.15) is 24.1 Å². The maximum absolute atomic E-state index is 4.76. The molecule has 0 aliphatic heterocycles. The molecule has 1 aromatic heterocycles. The number of hydrogen-bond donors (Lipinski definition) is 1. The van der Waals surface area contributed by atoms with Crippen molar-refractivity contribution in [1.29, 1.82) is 0 Å². The number of halogens is 1. The molecule has 1 heterocycles. The van der Waals surface area contributed by atoms with Crippen molar-refractivity contribution in [2.45, 2.75) is 25.7 Å². The van der Waals surface area contributed by atoms with Gasteiger partial charge in [0.2, 0.25) is 0 Å². The van der Waals surface area contributed by atoms with Gasteiger partial charge < -0.3 is 5.32 Å². The summed E-state index contributed by atoms with van der Waals surface area (Å²) in [6, 6.07) is 8.15. The van der Waals surface area contributed by atoms with E-state index in [-0.39, 0.29) is 0 Å². The van der Waals surface area contributed by atoms with E-state index in [1.54, 1.807) is 0 Å². The lowest BCUT2D eigenvalue weighted by atomic mass is 9.96. The molecule has 19 heavy (non-hydrogen) atoms. The molecule has 4 heteroatoms. The van der Waals surface area contributed by atoms with Gasteiger partial charge in [0.1, 0.15) is 5.82 Å². The van der Waals surface area contributed by atoms with Gasteiger partial charge in [-0.15, -0.1) is 0 Å². The second kappa shape index (κ2) is 5.29. The topological polar surface area (TPSA) is 37.8 Å². The fraction of sp³-hybridized carbons (Fsp3) is 0.333. The minimum absolute atomic E-state index is 0.817. The van der Waals surface area contributed by atoms with Gasteiger partial charge in [-0.05, 0) is 37.8 Å². The van der Waals surface area contributed by atoms with Crippen molar-refractivity contribution in [3.05, 3.63) is 40.0 Å². The highest BCUT2D eigenvalue weighted by Crippen LogP contribution is 2.28. The number of nitrogens with zero attached hydrogens (tertiary/aromatic N) is 2. The maximum Gasteiger partial charge on any atom is 0.161 e. The van der Waals surface area contributed by atoms with Gasteiger partial charge in [-0.1, -0.05) is 28.1 Å². The van der Waals surface area contributed by atoms with Crippen LogP contribution in [0.5, 0.6) is 0 Å². The summed E-state index contributed by atoms with van der Waals surface area (Å²) < 4.78 is 1.07. The van der Waals surface area contributed by atoms with Gasteiger partial charge in [-0.2, -0.15) is 0 Å². The fourth-order valence-electron chi connectivity index (χ4n) is 2.53. The molecule has 0 atom stereocenters. The van der Waals surface area contributed by atoms with E-state index in [0.717, 1.165) is 34.5 Å². The van der Waals surface area contributed by atoms with Crippen molar-refractivity contribution >= 4 is 21.7 Å². The van der Waals surface area contributed by atoms with Crippen LogP contribution in [-0.4, -0.2) is 17.0 Å². The molecule has 3 rings (SSSR count). The van der Waals surface area contributed by atoms with Crippen LogP contribution in [0.25, 0.3) is 11.4 Å². The Balaban J connectivity index is 2.09. The highest BCUT2D eigenvalue weighted by atomic mass is 79.9. The summed E-state index contributed by atoms with van der Waals surface area (Å²) in [4.78, 5) is 9.42. The largest absolute Gasteiger partial charge is 0.373 e. The van der Waals surface area contributed by atoms with Crippen molar-refractivity contribution in [3.8, 4) is 11.4 Å². The molecule has 0 fully saturated rings. The van der Waals surface area contributed by atoms with Gasteiger partial charge in [0.25, 0.3) is 0 Å². The van der Waals surface area contributed by atoms with Crippen LogP contribution >= 0.6 is 15.9 Å². The molecule has 2 aromatic rings. The molecule has 0 amide bonds. The Labute approximate surface area is 121 Å². The molecular formula is C15H16BrN3. The first kappa shape index (κ1) is 12.6. The van der Waals surface area contributed by atoms with Crippen molar-refractivity contribution in [2.24, 2.45) is 0 Å². The number of aromatic nitrogens is 2. The molecule has 0 radical (unpaired) electrons. The molecule has 0 saturated heterocycles.